The number of hydrogen-bond acceptors (Lipinski definition) is 4. The number of nitrogens with zero attached hydrogens (tertiary/aromatic N) is 5. The molecule has 27 heavy (non-hydrogen) atoms. The summed E-state index contributed by atoms with van der Waals surface area (Å²) < 4.78 is 43.8. The van der Waals surface area contributed by atoms with Gasteiger partial charge in [-0.05, 0) is 31.8 Å². The van der Waals surface area contributed by atoms with Crippen molar-refractivity contribution < 1.29 is 13.2 Å². The van der Waals surface area contributed by atoms with Crippen molar-refractivity contribution in [3.8, 4) is 11.1 Å². The highest BCUT2D eigenvalue weighted by molar-refractivity contribution is 6.32. The minimum Gasteiger partial charge on any atom is -0.297 e. The normalized spacial score (nSPS) is 16.3. The van der Waals surface area contributed by atoms with E-state index in [9.17, 15) is 13.2 Å². The van der Waals surface area contributed by atoms with Crippen LogP contribution in [0.1, 0.15) is 25.5 Å². The standard InChI is InChI=1S/C18H17ClF3N5/c1-10-2-4-26(5-3-10)8-14-16(15-12(21)6-11(20)7-13(15)22)17(19)25-18-23-9-24-27(14)18/h6-7,9-10H,2-5,8H2,1H3. The summed E-state index contributed by atoms with van der Waals surface area (Å²) in [7, 11) is 0. The van der Waals surface area contributed by atoms with Crippen molar-refractivity contribution in [2.45, 2.75) is 26.3 Å². The minimum atomic E-state index is -1.04. The van der Waals surface area contributed by atoms with Crippen LogP contribution >= 0.6 is 11.6 Å². The van der Waals surface area contributed by atoms with Crippen LogP contribution in [0.3, 0.4) is 0 Å². The molecule has 142 valence electrons. The Kier molecular flexibility index (Phi) is 4.77. The van der Waals surface area contributed by atoms with Crippen molar-refractivity contribution in [3.63, 3.8) is 0 Å². The maximum Gasteiger partial charge on any atom is 0.253 e. The van der Waals surface area contributed by atoms with Gasteiger partial charge in [0.2, 0.25) is 0 Å². The van der Waals surface area contributed by atoms with Crippen LogP contribution in [0.4, 0.5) is 13.2 Å². The first-order valence-electron chi connectivity index (χ1n) is 8.69. The number of benzene rings is 1. The lowest BCUT2D eigenvalue weighted by atomic mass is 9.98. The molecule has 0 atom stereocenters. The average molecular weight is 396 g/mol. The molecule has 3 aromatic rings. The summed E-state index contributed by atoms with van der Waals surface area (Å²) in [5, 5.41) is 4.05. The lowest BCUT2D eigenvalue weighted by Crippen LogP contribution is -2.33. The van der Waals surface area contributed by atoms with Crippen LogP contribution in [0.15, 0.2) is 18.5 Å². The van der Waals surface area contributed by atoms with E-state index in [2.05, 4.69) is 26.9 Å². The van der Waals surface area contributed by atoms with Crippen molar-refractivity contribution in [2.24, 2.45) is 5.92 Å². The van der Waals surface area contributed by atoms with E-state index in [-0.39, 0.29) is 16.5 Å². The Bertz CT molecular complexity index is 975. The Morgan fingerprint density at radius 3 is 2.44 bits per heavy atom. The van der Waals surface area contributed by atoms with Gasteiger partial charge in [-0.3, -0.25) is 4.90 Å². The molecular weight excluding hydrogens is 379 g/mol. The van der Waals surface area contributed by atoms with Gasteiger partial charge in [0.05, 0.1) is 11.3 Å². The monoisotopic (exact) mass is 395 g/mol. The van der Waals surface area contributed by atoms with E-state index < -0.39 is 23.0 Å². The lowest BCUT2D eigenvalue weighted by molar-refractivity contribution is 0.182. The summed E-state index contributed by atoms with van der Waals surface area (Å²) in [5.41, 5.74) is 0.136. The Balaban J connectivity index is 1.89. The molecule has 0 unspecified atom stereocenters. The van der Waals surface area contributed by atoms with E-state index in [0.717, 1.165) is 25.9 Å². The van der Waals surface area contributed by atoms with E-state index in [1.54, 1.807) is 0 Å². The second-order valence-corrected chi connectivity index (χ2v) is 7.26. The van der Waals surface area contributed by atoms with Gasteiger partial charge >= 0.3 is 0 Å². The maximum atomic E-state index is 14.5. The molecule has 1 aliphatic rings. The van der Waals surface area contributed by atoms with Gasteiger partial charge in [-0.25, -0.2) is 13.2 Å². The molecule has 0 N–H and O–H groups in total. The third-order valence-corrected chi connectivity index (χ3v) is 5.26. The van der Waals surface area contributed by atoms with E-state index in [0.29, 0.717) is 30.3 Å². The van der Waals surface area contributed by atoms with Crippen molar-refractivity contribution in [1.29, 1.82) is 0 Å². The van der Waals surface area contributed by atoms with Gasteiger partial charge in [0.1, 0.15) is 28.9 Å². The third kappa shape index (κ3) is 3.39. The molecule has 3 heterocycles. The Hall–Kier alpha value is -2.19. The van der Waals surface area contributed by atoms with E-state index >= 15 is 0 Å². The van der Waals surface area contributed by atoms with Gasteiger partial charge in [0.15, 0.2) is 0 Å². The van der Waals surface area contributed by atoms with Crippen molar-refractivity contribution in [2.75, 3.05) is 13.1 Å². The first kappa shape index (κ1) is 18.2. The second kappa shape index (κ2) is 7.09. The fourth-order valence-electron chi connectivity index (χ4n) is 3.48. The molecule has 0 saturated carbocycles. The summed E-state index contributed by atoms with van der Waals surface area (Å²) >= 11 is 6.29. The van der Waals surface area contributed by atoms with Crippen LogP contribution in [0.2, 0.25) is 5.15 Å². The molecule has 1 saturated heterocycles. The first-order chi connectivity index (χ1) is 12.9. The molecule has 2 aromatic heterocycles. The molecule has 0 amide bonds. The van der Waals surface area contributed by atoms with Crippen LogP contribution in [0.25, 0.3) is 16.9 Å². The molecule has 5 nitrogen and oxygen atoms in total. The summed E-state index contributed by atoms with van der Waals surface area (Å²) in [6.45, 7) is 4.28. The number of likely N-dealkylation sites (tertiary alicyclic amines) is 1. The largest absolute Gasteiger partial charge is 0.297 e. The summed E-state index contributed by atoms with van der Waals surface area (Å²) in [4.78, 5) is 10.3. The maximum absolute atomic E-state index is 14.5. The number of halogens is 4. The topological polar surface area (TPSA) is 46.3 Å². The smallest absolute Gasteiger partial charge is 0.253 e. The van der Waals surface area contributed by atoms with Gasteiger partial charge in [0.25, 0.3) is 5.78 Å². The van der Waals surface area contributed by atoms with Crippen molar-refractivity contribution >= 4 is 17.4 Å². The second-order valence-electron chi connectivity index (χ2n) is 6.90. The quantitative estimate of drug-likeness (QED) is 0.626. The van der Waals surface area contributed by atoms with Gasteiger partial charge in [-0.15, -0.1) is 0 Å². The van der Waals surface area contributed by atoms with Crippen LogP contribution in [0, 0.1) is 23.4 Å². The number of rotatable bonds is 3. The molecule has 0 aliphatic carbocycles. The van der Waals surface area contributed by atoms with Gasteiger partial charge in [-0.1, -0.05) is 18.5 Å². The Morgan fingerprint density at radius 1 is 1.11 bits per heavy atom. The number of aromatic nitrogens is 4. The van der Waals surface area contributed by atoms with Crippen LogP contribution in [-0.4, -0.2) is 37.6 Å². The van der Waals surface area contributed by atoms with E-state index in [1.165, 1.54) is 10.8 Å². The number of hydrogen-bond donors (Lipinski definition) is 0. The minimum absolute atomic E-state index is 0.0725. The highest BCUT2D eigenvalue weighted by Gasteiger charge is 2.26. The highest BCUT2D eigenvalue weighted by atomic mass is 35.5. The van der Waals surface area contributed by atoms with Crippen LogP contribution < -0.4 is 0 Å². The zero-order chi connectivity index (χ0) is 19.1. The van der Waals surface area contributed by atoms with Crippen molar-refractivity contribution in [1.82, 2.24) is 24.5 Å². The molecule has 1 aliphatic heterocycles. The first-order valence-corrected chi connectivity index (χ1v) is 9.07. The molecule has 0 radical (unpaired) electrons. The third-order valence-electron chi connectivity index (χ3n) is 4.98. The summed E-state index contributed by atoms with van der Waals surface area (Å²) in [6, 6.07) is 1.26. The fourth-order valence-corrected chi connectivity index (χ4v) is 3.76. The Labute approximate surface area is 158 Å². The molecule has 1 aromatic carbocycles. The number of piperidine rings is 1. The zero-order valence-electron chi connectivity index (χ0n) is 14.6. The van der Waals surface area contributed by atoms with Crippen molar-refractivity contribution in [3.05, 3.63) is 46.8 Å². The van der Waals surface area contributed by atoms with Crippen LogP contribution in [0.5, 0.6) is 0 Å². The summed E-state index contributed by atoms with van der Waals surface area (Å²) in [5.74, 6) is -2.19. The molecule has 1 fully saturated rings. The van der Waals surface area contributed by atoms with Crippen LogP contribution in [-0.2, 0) is 6.54 Å². The molecule has 0 spiro atoms. The van der Waals surface area contributed by atoms with Gasteiger partial charge in [-0.2, -0.15) is 19.6 Å². The van der Waals surface area contributed by atoms with E-state index in [4.69, 9.17) is 11.6 Å². The average Bonchev–Trinajstić information content (AvgIpc) is 3.06. The lowest BCUT2D eigenvalue weighted by Gasteiger charge is -2.30. The summed E-state index contributed by atoms with van der Waals surface area (Å²) in [6.07, 6.45) is 3.38. The SMILES string of the molecule is CC1CCN(Cc2c(-c3c(F)cc(F)cc3F)c(Cl)nc3ncnn23)CC1. The Morgan fingerprint density at radius 2 is 1.78 bits per heavy atom. The molecule has 0 bridgehead atoms. The molecule has 9 heteroatoms. The van der Waals surface area contributed by atoms with Gasteiger partial charge < -0.3 is 0 Å². The molecular formula is C18H17ClF3N5. The van der Waals surface area contributed by atoms with Gasteiger partial charge in [0, 0.05) is 24.2 Å². The molecule has 4 rings (SSSR count). The highest BCUT2D eigenvalue weighted by Crippen LogP contribution is 2.35. The number of fused-ring (bicyclic) bond motifs is 1. The van der Waals surface area contributed by atoms with E-state index in [1.807, 2.05) is 0 Å². The predicted octanol–water partition coefficient (Wildman–Crippen LogP) is 4.09. The predicted molar refractivity (Wildman–Crippen MR) is 94.8 cm³/mol. The zero-order valence-corrected chi connectivity index (χ0v) is 15.3. The fraction of sp³-hybridized carbons (Fsp3) is 0.389.